The molecule has 3 aromatic rings. The average Bonchev–Trinajstić information content (AvgIpc) is 3.01. The third-order valence-electron chi connectivity index (χ3n) is 4.23. The highest BCUT2D eigenvalue weighted by molar-refractivity contribution is 7.19. The van der Waals surface area contributed by atoms with Crippen molar-refractivity contribution >= 4 is 33.6 Å². The first-order valence-electron chi connectivity index (χ1n) is 8.03. The number of nitrogens with zero attached hydrogens (tertiary/aromatic N) is 3. The van der Waals surface area contributed by atoms with Crippen LogP contribution >= 0.6 is 11.3 Å². The van der Waals surface area contributed by atoms with Crippen molar-refractivity contribution in [2.75, 3.05) is 12.5 Å². The van der Waals surface area contributed by atoms with Crippen LogP contribution in [0.25, 0.3) is 10.2 Å². The molecule has 0 saturated heterocycles. The fraction of sp³-hybridized carbons (Fsp3) is 0.278. The van der Waals surface area contributed by atoms with Gasteiger partial charge in [0.1, 0.15) is 16.9 Å². The van der Waals surface area contributed by atoms with E-state index in [1.807, 2.05) is 24.3 Å². The molecule has 1 N–H and O–H groups in total. The molecule has 6 heteroatoms. The Kier molecular flexibility index (Phi) is 4.13. The van der Waals surface area contributed by atoms with Gasteiger partial charge in [-0.15, -0.1) is 11.3 Å². The average molecular weight is 338 g/mol. The minimum Gasteiger partial charge on any atom is -0.497 e. The van der Waals surface area contributed by atoms with Crippen LogP contribution in [0.2, 0.25) is 0 Å². The van der Waals surface area contributed by atoms with Gasteiger partial charge >= 0.3 is 0 Å². The van der Waals surface area contributed by atoms with E-state index in [1.54, 1.807) is 31.0 Å². The number of benzene rings is 1. The third kappa shape index (κ3) is 2.85. The van der Waals surface area contributed by atoms with Crippen LogP contribution in [-0.2, 0) is 12.8 Å². The molecule has 0 bridgehead atoms. The van der Waals surface area contributed by atoms with Crippen molar-refractivity contribution in [2.24, 2.45) is 5.10 Å². The number of aryl methyl sites for hydroxylation is 2. The van der Waals surface area contributed by atoms with E-state index in [2.05, 4.69) is 20.5 Å². The molecule has 0 radical (unpaired) electrons. The van der Waals surface area contributed by atoms with Gasteiger partial charge in [0.25, 0.3) is 0 Å². The van der Waals surface area contributed by atoms with Gasteiger partial charge in [0.2, 0.25) is 0 Å². The van der Waals surface area contributed by atoms with Crippen LogP contribution in [0.5, 0.6) is 5.75 Å². The molecule has 2 heterocycles. The van der Waals surface area contributed by atoms with Crippen LogP contribution in [-0.4, -0.2) is 23.3 Å². The quantitative estimate of drug-likeness (QED) is 0.576. The fourth-order valence-electron chi connectivity index (χ4n) is 3.06. The second kappa shape index (κ2) is 6.57. The van der Waals surface area contributed by atoms with Crippen molar-refractivity contribution in [1.29, 1.82) is 0 Å². The van der Waals surface area contributed by atoms with Gasteiger partial charge in [-0.1, -0.05) is 12.1 Å². The largest absolute Gasteiger partial charge is 0.497 e. The van der Waals surface area contributed by atoms with E-state index in [0.29, 0.717) is 0 Å². The maximum absolute atomic E-state index is 5.23. The summed E-state index contributed by atoms with van der Waals surface area (Å²) < 4.78 is 5.23. The Balaban J connectivity index is 1.62. The van der Waals surface area contributed by atoms with Gasteiger partial charge < -0.3 is 4.74 Å². The first-order valence-corrected chi connectivity index (χ1v) is 8.85. The standard InChI is InChI=1S/C18H18N4OS/c1-23-13-6-4-5-12(9-13)10-21-22-17-16-14-7-2-3-8-15(14)24-18(16)20-11-19-17/h4-6,9-11H,2-3,7-8H2,1H3,(H,19,20,22)/b21-10-. The molecule has 0 aliphatic heterocycles. The summed E-state index contributed by atoms with van der Waals surface area (Å²) in [7, 11) is 1.66. The molecule has 2 aromatic heterocycles. The highest BCUT2D eigenvalue weighted by Crippen LogP contribution is 2.38. The predicted octanol–water partition coefficient (Wildman–Crippen LogP) is 4.02. The van der Waals surface area contributed by atoms with Gasteiger partial charge in [-0.3, -0.25) is 5.43 Å². The molecule has 24 heavy (non-hydrogen) atoms. The number of thiophene rings is 1. The number of hydrogen-bond acceptors (Lipinski definition) is 6. The number of rotatable bonds is 4. The Morgan fingerprint density at radius 3 is 3.08 bits per heavy atom. The van der Waals surface area contributed by atoms with Crippen molar-refractivity contribution in [3.63, 3.8) is 0 Å². The molecule has 0 saturated carbocycles. The van der Waals surface area contributed by atoms with Crippen LogP contribution in [0.15, 0.2) is 35.7 Å². The zero-order chi connectivity index (χ0) is 16.4. The van der Waals surface area contributed by atoms with Gasteiger partial charge in [0.15, 0.2) is 5.82 Å². The van der Waals surface area contributed by atoms with E-state index in [4.69, 9.17) is 4.74 Å². The highest BCUT2D eigenvalue weighted by atomic mass is 32.1. The Morgan fingerprint density at radius 2 is 2.17 bits per heavy atom. The number of methoxy groups -OCH3 is 1. The normalized spacial score (nSPS) is 14.0. The smallest absolute Gasteiger partial charge is 0.158 e. The summed E-state index contributed by atoms with van der Waals surface area (Å²) in [6, 6.07) is 7.78. The Labute approximate surface area is 144 Å². The zero-order valence-electron chi connectivity index (χ0n) is 13.5. The van der Waals surface area contributed by atoms with E-state index in [1.165, 1.54) is 23.3 Å². The van der Waals surface area contributed by atoms with Crippen LogP contribution in [0.3, 0.4) is 0 Å². The Morgan fingerprint density at radius 1 is 1.25 bits per heavy atom. The molecule has 1 aromatic carbocycles. The molecule has 4 rings (SSSR count). The minimum atomic E-state index is 0.790. The molecule has 0 amide bonds. The zero-order valence-corrected chi connectivity index (χ0v) is 14.3. The van der Waals surface area contributed by atoms with Gasteiger partial charge in [-0.2, -0.15) is 5.10 Å². The first-order chi connectivity index (χ1) is 11.8. The van der Waals surface area contributed by atoms with Crippen molar-refractivity contribution in [1.82, 2.24) is 9.97 Å². The summed E-state index contributed by atoms with van der Waals surface area (Å²) >= 11 is 1.79. The molecular weight excluding hydrogens is 320 g/mol. The molecule has 1 aliphatic carbocycles. The van der Waals surface area contributed by atoms with Crippen molar-refractivity contribution in [2.45, 2.75) is 25.7 Å². The summed E-state index contributed by atoms with van der Waals surface area (Å²) in [4.78, 5) is 11.3. The number of fused-ring (bicyclic) bond motifs is 3. The number of anilines is 1. The maximum Gasteiger partial charge on any atom is 0.158 e. The minimum absolute atomic E-state index is 0.790. The lowest BCUT2D eigenvalue weighted by Crippen LogP contribution is -2.01. The monoisotopic (exact) mass is 338 g/mol. The molecular formula is C18H18N4OS. The van der Waals surface area contributed by atoms with E-state index >= 15 is 0 Å². The lowest BCUT2D eigenvalue weighted by atomic mass is 9.97. The Bertz CT molecular complexity index is 903. The third-order valence-corrected chi connectivity index (χ3v) is 5.43. The maximum atomic E-state index is 5.23. The SMILES string of the molecule is COc1cccc(/C=N\Nc2ncnc3sc4c(c23)CCCC4)c1. The Hall–Kier alpha value is -2.47. The molecule has 122 valence electrons. The van der Waals surface area contributed by atoms with Crippen LogP contribution < -0.4 is 10.2 Å². The topological polar surface area (TPSA) is 59.4 Å². The lowest BCUT2D eigenvalue weighted by molar-refractivity contribution is 0.415. The molecule has 0 spiro atoms. The summed E-state index contributed by atoms with van der Waals surface area (Å²) in [5, 5.41) is 5.49. The molecule has 1 aliphatic rings. The van der Waals surface area contributed by atoms with Gasteiger partial charge in [0, 0.05) is 4.88 Å². The van der Waals surface area contributed by atoms with Gasteiger partial charge in [0.05, 0.1) is 18.7 Å². The molecule has 0 atom stereocenters. The van der Waals surface area contributed by atoms with Crippen molar-refractivity contribution in [3.8, 4) is 5.75 Å². The molecule has 0 fully saturated rings. The highest BCUT2D eigenvalue weighted by Gasteiger charge is 2.19. The summed E-state index contributed by atoms with van der Waals surface area (Å²) in [6.45, 7) is 0. The number of ether oxygens (including phenoxy) is 1. The lowest BCUT2D eigenvalue weighted by Gasteiger charge is -2.11. The number of hydrazone groups is 1. The fourth-order valence-corrected chi connectivity index (χ4v) is 4.29. The van der Waals surface area contributed by atoms with Crippen molar-refractivity contribution in [3.05, 3.63) is 46.6 Å². The van der Waals surface area contributed by atoms with Crippen LogP contribution in [0.4, 0.5) is 5.82 Å². The molecule has 0 unspecified atom stereocenters. The van der Waals surface area contributed by atoms with Crippen molar-refractivity contribution < 1.29 is 4.74 Å². The first kappa shape index (κ1) is 15.1. The van der Waals surface area contributed by atoms with Gasteiger partial charge in [-0.05, 0) is 48.9 Å². The summed E-state index contributed by atoms with van der Waals surface area (Å²) in [5.41, 5.74) is 5.47. The number of aromatic nitrogens is 2. The summed E-state index contributed by atoms with van der Waals surface area (Å²) in [6.07, 6.45) is 8.15. The van der Waals surface area contributed by atoms with E-state index in [-0.39, 0.29) is 0 Å². The van der Waals surface area contributed by atoms with E-state index in [9.17, 15) is 0 Å². The summed E-state index contributed by atoms with van der Waals surface area (Å²) in [5.74, 6) is 1.61. The van der Waals surface area contributed by atoms with E-state index in [0.717, 1.165) is 40.2 Å². The second-order valence-electron chi connectivity index (χ2n) is 5.76. The number of hydrogen-bond donors (Lipinski definition) is 1. The second-order valence-corrected chi connectivity index (χ2v) is 6.84. The molecule has 5 nitrogen and oxygen atoms in total. The van der Waals surface area contributed by atoms with Gasteiger partial charge in [-0.25, -0.2) is 9.97 Å². The van der Waals surface area contributed by atoms with E-state index < -0.39 is 0 Å². The van der Waals surface area contributed by atoms with Crippen LogP contribution in [0, 0.1) is 0 Å². The predicted molar refractivity (Wildman–Crippen MR) is 98.3 cm³/mol. The van der Waals surface area contributed by atoms with Crippen LogP contribution in [0.1, 0.15) is 28.8 Å². The number of nitrogens with one attached hydrogen (secondary N) is 1.